The molecule has 0 unspecified atom stereocenters. The molecule has 9 heteroatoms. The van der Waals surface area contributed by atoms with E-state index in [1.165, 1.54) is 6.07 Å². The molecule has 0 radical (unpaired) electrons. The van der Waals surface area contributed by atoms with Crippen LogP contribution < -0.4 is 10.1 Å². The van der Waals surface area contributed by atoms with Crippen LogP contribution in [0.4, 0.5) is 14.6 Å². The molecule has 0 atom stereocenters. The van der Waals surface area contributed by atoms with E-state index in [0.717, 1.165) is 38.2 Å². The lowest BCUT2D eigenvalue weighted by atomic mass is 10.1. The molecule has 4 rings (SSSR count). The van der Waals surface area contributed by atoms with Crippen molar-refractivity contribution in [3.05, 3.63) is 36.0 Å². The second-order valence-corrected chi connectivity index (χ2v) is 5.69. The van der Waals surface area contributed by atoms with E-state index in [-0.39, 0.29) is 17.8 Å². The maximum absolute atomic E-state index is 13.7. The normalized spacial score (nSPS) is 15.4. The maximum atomic E-state index is 13.7. The molecule has 1 aromatic carbocycles. The fourth-order valence-electron chi connectivity index (χ4n) is 2.64. The van der Waals surface area contributed by atoms with Crippen molar-refractivity contribution in [3.63, 3.8) is 0 Å². The first kappa shape index (κ1) is 15.7. The van der Waals surface area contributed by atoms with E-state index in [2.05, 4.69) is 25.5 Å². The van der Waals surface area contributed by atoms with Crippen LogP contribution in [0.15, 0.2) is 24.4 Å². The van der Waals surface area contributed by atoms with Gasteiger partial charge in [0, 0.05) is 31.5 Å². The molecule has 0 bridgehead atoms. The number of aromatic amines is 1. The molecule has 0 saturated carbocycles. The zero-order valence-electron chi connectivity index (χ0n) is 13.1. The zero-order valence-corrected chi connectivity index (χ0v) is 13.1. The lowest BCUT2D eigenvalue weighted by Crippen LogP contribution is -2.28. The van der Waals surface area contributed by atoms with Crippen LogP contribution in [0.5, 0.6) is 11.8 Å². The minimum atomic E-state index is -0.824. The summed E-state index contributed by atoms with van der Waals surface area (Å²) in [5.41, 5.74) is 0.460. The Bertz CT molecular complexity index is 895. The smallest absolute Gasteiger partial charge is 0.324 e. The van der Waals surface area contributed by atoms with Crippen molar-refractivity contribution in [1.82, 2.24) is 20.2 Å². The second-order valence-electron chi connectivity index (χ2n) is 5.69. The molecule has 3 aromatic rings. The van der Waals surface area contributed by atoms with Gasteiger partial charge in [-0.05, 0) is 25.0 Å². The number of benzene rings is 1. The van der Waals surface area contributed by atoms with Gasteiger partial charge in [0.1, 0.15) is 5.82 Å². The van der Waals surface area contributed by atoms with Gasteiger partial charge in [0.2, 0.25) is 0 Å². The van der Waals surface area contributed by atoms with Crippen LogP contribution in [-0.4, -0.2) is 39.4 Å². The summed E-state index contributed by atoms with van der Waals surface area (Å²) in [5, 5.41) is 11.1. The van der Waals surface area contributed by atoms with Gasteiger partial charge >= 0.3 is 6.01 Å². The lowest BCUT2D eigenvalue weighted by molar-refractivity contribution is 0.0904. The number of ether oxygens (including phenoxy) is 2. The highest BCUT2D eigenvalue weighted by Crippen LogP contribution is 2.26. The van der Waals surface area contributed by atoms with Crippen molar-refractivity contribution in [2.24, 2.45) is 0 Å². The summed E-state index contributed by atoms with van der Waals surface area (Å²) in [7, 11) is 0. The Kier molecular flexibility index (Phi) is 4.14. The minimum Gasteiger partial charge on any atom is -0.421 e. The maximum Gasteiger partial charge on any atom is 0.324 e. The third-order valence-corrected chi connectivity index (χ3v) is 3.95. The van der Waals surface area contributed by atoms with E-state index in [0.29, 0.717) is 16.9 Å². The van der Waals surface area contributed by atoms with Gasteiger partial charge in [-0.15, -0.1) is 0 Å². The topological polar surface area (TPSA) is 85.0 Å². The summed E-state index contributed by atoms with van der Waals surface area (Å²) in [6, 6.07) is 3.25. The second kappa shape index (κ2) is 6.60. The lowest BCUT2D eigenvalue weighted by Gasteiger charge is -2.22. The number of H-pyrrole nitrogens is 1. The number of nitrogens with one attached hydrogen (secondary N) is 2. The first-order chi connectivity index (χ1) is 12.2. The van der Waals surface area contributed by atoms with Crippen LogP contribution in [0.1, 0.15) is 12.8 Å². The number of nitrogens with zero attached hydrogens (tertiary/aromatic N) is 3. The third-order valence-electron chi connectivity index (χ3n) is 3.95. The Labute approximate surface area is 141 Å². The number of aromatic nitrogens is 4. The summed E-state index contributed by atoms with van der Waals surface area (Å²) in [5.74, 6) is -1.00. The van der Waals surface area contributed by atoms with Crippen LogP contribution in [0.25, 0.3) is 11.0 Å². The van der Waals surface area contributed by atoms with E-state index in [4.69, 9.17) is 9.47 Å². The number of fused-ring (bicyclic) bond motifs is 1. The average Bonchev–Trinajstić information content (AvgIpc) is 3.00. The molecule has 2 aromatic heterocycles. The van der Waals surface area contributed by atoms with E-state index < -0.39 is 11.6 Å². The molecule has 1 fully saturated rings. The van der Waals surface area contributed by atoms with Gasteiger partial charge in [-0.1, -0.05) is 0 Å². The molecule has 2 N–H and O–H groups in total. The van der Waals surface area contributed by atoms with Gasteiger partial charge in [0.15, 0.2) is 23.0 Å². The number of rotatable bonds is 4. The number of hydrogen-bond acceptors (Lipinski definition) is 6. The van der Waals surface area contributed by atoms with Crippen molar-refractivity contribution < 1.29 is 18.3 Å². The molecule has 25 heavy (non-hydrogen) atoms. The highest BCUT2D eigenvalue weighted by Gasteiger charge is 2.17. The zero-order chi connectivity index (χ0) is 17.2. The van der Waals surface area contributed by atoms with Crippen LogP contribution in [0.2, 0.25) is 0 Å². The van der Waals surface area contributed by atoms with Crippen LogP contribution in [0.3, 0.4) is 0 Å². The molecular formula is C16H15F2N5O2. The number of halogens is 2. The molecule has 3 heterocycles. The van der Waals surface area contributed by atoms with Gasteiger partial charge < -0.3 is 14.8 Å². The standard InChI is InChI=1S/C16H15F2N5O2/c17-9-1-2-13(12(18)7-9)25-16-19-8-11-14(22-23-15(11)21-16)20-10-3-5-24-6-4-10/h1-2,7-8,10H,3-6H2,(H2,19,20,21,22,23). The number of anilines is 1. The van der Waals surface area contributed by atoms with Crippen LogP contribution in [0, 0.1) is 11.6 Å². The Balaban J connectivity index is 1.54. The fourth-order valence-corrected chi connectivity index (χ4v) is 2.64. The molecule has 7 nitrogen and oxygen atoms in total. The Morgan fingerprint density at radius 3 is 2.88 bits per heavy atom. The van der Waals surface area contributed by atoms with Gasteiger partial charge in [-0.25, -0.2) is 13.8 Å². The first-order valence-corrected chi connectivity index (χ1v) is 7.87. The van der Waals surface area contributed by atoms with Crippen molar-refractivity contribution in [2.45, 2.75) is 18.9 Å². The third kappa shape index (κ3) is 3.36. The Hall–Kier alpha value is -2.81. The van der Waals surface area contributed by atoms with Crippen molar-refractivity contribution in [3.8, 4) is 11.8 Å². The number of hydrogen-bond donors (Lipinski definition) is 2. The van der Waals surface area contributed by atoms with Gasteiger partial charge in [0.05, 0.1) is 5.39 Å². The molecular weight excluding hydrogens is 332 g/mol. The highest BCUT2D eigenvalue weighted by molar-refractivity contribution is 5.86. The first-order valence-electron chi connectivity index (χ1n) is 7.87. The van der Waals surface area contributed by atoms with Crippen molar-refractivity contribution >= 4 is 16.9 Å². The quantitative estimate of drug-likeness (QED) is 0.755. The Morgan fingerprint density at radius 2 is 2.08 bits per heavy atom. The SMILES string of the molecule is Fc1ccc(Oc2ncc3c(NC4CCOCC4)n[nH]c3n2)c(F)c1. The predicted molar refractivity (Wildman–Crippen MR) is 85.6 cm³/mol. The van der Waals surface area contributed by atoms with Gasteiger partial charge in [-0.3, -0.25) is 5.10 Å². The largest absolute Gasteiger partial charge is 0.421 e. The predicted octanol–water partition coefficient (Wildman–Crippen LogP) is 3.01. The molecule has 1 aliphatic heterocycles. The van der Waals surface area contributed by atoms with Crippen LogP contribution in [-0.2, 0) is 4.74 Å². The van der Waals surface area contributed by atoms with E-state index in [1.807, 2.05) is 0 Å². The minimum absolute atomic E-state index is 0.0562. The average molecular weight is 347 g/mol. The van der Waals surface area contributed by atoms with Crippen LogP contribution >= 0.6 is 0 Å². The monoisotopic (exact) mass is 347 g/mol. The molecule has 0 spiro atoms. The summed E-state index contributed by atoms with van der Waals surface area (Å²) < 4.78 is 37.2. The van der Waals surface area contributed by atoms with E-state index in [9.17, 15) is 8.78 Å². The molecule has 0 aliphatic carbocycles. The molecule has 130 valence electrons. The Morgan fingerprint density at radius 1 is 1.24 bits per heavy atom. The van der Waals surface area contributed by atoms with Crippen molar-refractivity contribution in [1.29, 1.82) is 0 Å². The summed E-state index contributed by atoms with van der Waals surface area (Å²) >= 11 is 0. The van der Waals surface area contributed by atoms with Crippen molar-refractivity contribution in [2.75, 3.05) is 18.5 Å². The fraction of sp³-hybridized carbons (Fsp3) is 0.312. The molecule has 1 saturated heterocycles. The van der Waals surface area contributed by atoms with E-state index in [1.54, 1.807) is 6.20 Å². The summed E-state index contributed by atoms with van der Waals surface area (Å²) in [4.78, 5) is 8.24. The highest BCUT2D eigenvalue weighted by atomic mass is 19.1. The molecule has 1 aliphatic rings. The van der Waals surface area contributed by atoms with Gasteiger partial charge in [-0.2, -0.15) is 10.1 Å². The van der Waals surface area contributed by atoms with E-state index >= 15 is 0 Å². The summed E-state index contributed by atoms with van der Waals surface area (Å²) in [6.07, 6.45) is 3.35. The molecule has 0 amide bonds. The summed E-state index contributed by atoms with van der Waals surface area (Å²) in [6.45, 7) is 1.44. The van der Waals surface area contributed by atoms with Gasteiger partial charge in [0.25, 0.3) is 0 Å².